The SMILES string of the molecule is ISOC1CCCCC1. The molecule has 0 bridgehead atoms. The molecule has 1 fully saturated rings. The van der Waals surface area contributed by atoms with Crippen LogP contribution in [0.3, 0.4) is 0 Å². The highest BCUT2D eigenvalue weighted by Gasteiger charge is 2.12. The molecular formula is C6H11IOS. The van der Waals surface area contributed by atoms with E-state index in [4.69, 9.17) is 4.18 Å². The second-order valence-corrected chi connectivity index (χ2v) is 3.82. The van der Waals surface area contributed by atoms with Crippen LogP contribution in [0.25, 0.3) is 0 Å². The van der Waals surface area contributed by atoms with Crippen LogP contribution < -0.4 is 0 Å². The van der Waals surface area contributed by atoms with Crippen LogP contribution in [0.5, 0.6) is 0 Å². The van der Waals surface area contributed by atoms with E-state index in [1.807, 2.05) is 0 Å². The molecular weight excluding hydrogens is 247 g/mol. The van der Waals surface area contributed by atoms with Crippen LogP contribution >= 0.6 is 30.4 Å². The summed E-state index contributed by atoms with van der Waals surface area (Å²) < 4.78 is 5.39. The fourth-order valence-electron chi connectivity index (χ4n) is 1.21. The van der Waals surface area contributed by atoms with Gasteiger partial charge in [0.05, 0.1) is 15.3 Å². The summed E-state index contributed by atoms with van der Waals surface area (Å²) in [5.74, 6) is 0. The minimum absolute atomic E-state index is 0.556. The predicted octanol–water partition coefficient (Wildman–Crippen LogP) is 3.33. The molecule has 0 N–H and O–H groups in total. The van der Waals surface area contributed by atoms with Gasteiger partial charge in [-0.25, -0.2) is 0 Å². The van der Waals surface area contributed by atoms with Crippen molar-refractivity contribution in [1.82, 2.24) is 0 Å². The Hall–Kier alpha value is 1.04. The molecule has 0 unspecified atom stereocenters. The summed E-state index contributed by atoms with van der Waals surface area (Å²) in [6, 6.07) is 0. The van der Waals surface area contributed by atoms with Gasteiger partial charge >= 0.3 is 0 Å². The van der Waals surface area contributed by atoms with Gasteiger partial charge in [-0.2, -0.15) is 0 Å². The second-order valence-electron chi connectivity index (χ2n) is 2.42. The van der Waals surface area contributed by atoms with Crippen molar-refractivity contribution in [3.05, 3.63) is 0 Å². The average molecular weight is 258 g/mol. The highest BCUT2D eigenvalue weighted by molar-refractivity contribution is 14.2. The molecule has 0 aliphatic heterocycles. The van der Waals surface area contributed by atoms with Crippen LogP contribution in [-0.2, 0) is 4.18 Å². The van der Waals surface area contributed by atoms with E-state index in [1.165, 1.54) is 41.3 Å². The van der Waals surface area contributed by atoms with Crippen LogP contribution in [0.4, 0.5) is 0 Å². The molecule has 0 atom stereocenters. The molecule has 3 heteroatoms. The van der Waals surface area contributed by atoms with E-state index >= 15 is 0 Å². The monoisotopic (exact) mass is 258 g/mol. The van der Waals surface area contributed by atoms with Gasteiger partial charge in [0.1, 0.15) is 0 Å². The topological polar surface area (TPSA) is 9.23 Å². The molecule has 1 saturated carbocycles. The van der Waals surface area contributed by atoms with Crippen molar-refractivity contribution in [2.45, 2.75) is 38.2 Å². The Labute approximate surface area is 72.7 Å². The van der Waals surface area contributed by atoms with Gasteiger partial charge in [0.2, 0.25) is 0 Å². The van der Waals surface area contributed by atoms with Gasteiger partial charge in [-0.3, -0.25) is 0 Å². The zero-order valence-electron chi connectivity index (χ0n) is 5.31. The molecule has 1 nitrogen and oxygen atoms in total. The quantitative estimate of drug-likeness (QED) is 0.555. The summed E-state index contributed by atoms with van der Waals surface area (Å²) in [4.78, 5) is 0. The zero-order chi connectivity index (χ0) is 6.53. The summed E-state index contributed by atoms with van der Waals surface area (Å²) in [7, 11) is 1.48. The normalized spacial score (nSPS) is 22.3. The first-order valence-electron chi connectivity index (χ1n) is 3.37. The smallest absolute Gasteiger partial charge is 0.0732 e. The summed E-state index contributed by atoms with van der Waals surface area (Å²) in [5.41, 5.74) is 0. The minimum Gasteiger partial charge on any atom is -0.302 e. The van der Waals surface area contributed by atoms with E-state index in [-0.39, 0.29) is 0 Å². The standard InChI is InChI=1S/C6H11IOS/c7-9-8-6-4-2-1-3-5-6/h6H,1-5H2. The van der Waals surface area contributed by atoms with E-state index in [0.29, 0.717) is 6.10 Å². The zero-order valence-corrected chi connectivity index (χ0v) is 8.28. The maximum atomic E-state index is 5.39. The molecule has 0 saturated heterocycles. The van der Waals surface area contributed by atoms with Crippen molar-refractivity contribution in [2.75, 3.05) is 0 Å². The van der Waals surface area contributed by atoms with Gasteiger partial charge in [0.15, 0.2) is 0 Å². The van der Waals surface area contributed by atoms with Gasteiger partial charge in [-0.15, -0.1) is 0 Å². The molecule has 0 aromatic carbocycles. The molecule has 9 heavy (non-hydrogen) atoms. The van der Waals surface area contributed by atoms with Gasteiger partial charge in [-0.1, -0.05) is 19.3 Å². The van der Waals surface area contributed by atoms with Gasteiger partial charge in [0.25, 0.3) is 0 Å². The Morgan fingerprint density at radius 1 is 1.22 bits per heavy atom. The maximum Gasteiger partial charge on any atom is 0.0732 e. The molecule has 1 aliphatic carbocycles. The van der Waals surface area contributed by atoms with E-state index in [9.17, 15) is 0 Å². The number of halogens is 1. The molecule has 1 rings (SSSR count). The minimum atomic E-state index is 0.556. The largest absolute Gasteiger partial charge is 0.302 e. The molecule has 0 heterocycles. The molecule has 1 aliphatic rings. The molecule has 0 aromatic heterocycles. The van der Waals surface area contributed by atoms with Crippen molar-refractivity contribution in [1.29, 1.82) is 0 Å². The predicted molar refractivity (Wildman–Crippen MR) is 49.6 cm³/mol. The maximum absolute atomic E-state index is 5.39. The van der Waals surface area contributed by atoms with Crippen LogP contribution in [0.15, 0.2) is 0 Å². The Morgan fingerprint density at radius 2 is 1.89 bits per heavy atom. The number of rotatable bonds is 2. The van der Waals surface area contributed by atoms with Crippen LogP contribution in [0.1, 0.15) is 32.1 Å². The lowest BCUT2D eigenvalue weighted by Crippen LogP contribution is -2.12. The van der Waals surface area contributed by atoms with Crippen molar-refractivity contribution in [2.24, 2.45) is 0 Å². The molecule has 0 amide bonds. The number of hydrogen-bond donors (Lipinski definition) is 0. The van der Waals surface area contributed by atoms with Crippen molar-refractivity contribution in [3.63, 3.8) is 0 Å². The van der Waals surface area contributed by atoms with Gasteiger partial charge in [-0.05, 0) is 12.8 Å². The Bertz CT molecular complexity index is 70.7. The van der Waals surface area contributed by atoms with Crippen LogP contribution in [0, 0.1) is 0 Å². The molecule has 0 aromatic rings. The highest BCUT2D eigenvalue weighted by atomic mass is 127. The lowest BCUT2D eigenvalue weighted by Gasteiger charge is -2.19. The summed E-state index contributed by atoms with van der Waals surface area (Å²) in [6.45, 7) is 0. The fraction of sp³-hybridized carbons (Fsp3) is 1.00. The van der Waals surface area contributed by atoms with E-state index in [2.05, 4.69) is 21.2 Å². The van der Waals surface area contributed by atoms with E-state index in [0.717, 1.165) is 0 Å². The molecule has 54 valence electrons. The third kappa shape index (κ3) is 3.09. The van der Waals surface area contributed by atoms with Gasteiger partial charge in [0, 0.05) is 21.2 Å². The summed E-state index contributed by atoms with van der Waals surface area (Å²) in [5, 5.41) is 0. The van der Waals surface area contributed by atoms with E-state index < -0.39 is 0 Å². The third-order valence-corrected chi connectivity index (χ3v) is 2.69. The van der Waals surface area contributed by atoms with Gasteiger partial charge < -0.3 is 4.18 Å². The second kappa shape index (κ2) is 4.79. The van der Waals surface area contributed by atoms with Crippen LogP contribution in [-0.4, -0.2) is 6.10 Å². The first kappa shape index (κ1) is 8.14. The summed E-state index contributed by atoms with van der Waals surface area (Å²) in [6.07, 6.45) is 7.24. The first-order valence-corrected chi connectivity index (χ1v) is 6.66. The Morgan fingerprint density at radius 3 is 2.44 bits per heavy atom. The molecule has 0 radical (unpaired) electrons. The fourth-order valence-corrected chi connectivity index (χ4v) is 2.39. The van der Waals surface area contributed by atoms with Crippen molar-refractivity contribution >= 4 is 30.4 Å². The molecule has 0 spiro atoms. The number of hydrogen-bond acceptors (Lipinski definition) is 2. The van der Waals surface area contributed by atoms with Crippen molar-refractivity contribution < 1.29 is 4.18 Å². The average Bonchev–Trinajstić information content (AvgIpc) is 1.91. The lowest BCUT2D eigenvalue weighted by molar-refractivity contribution is 0.189. The van der Waals surface area contributed by atoms with E-state index in [1.54, 1.807) is 0 Å². The third-order valence-electron chi connectivity index (χ3n) is 1.72. The summed E-state index contributed by atoms with van der Waals surface area (Å²) >= 11 is 2.18. The first-order chi connectivity index (χ1) is 4.43. The Balaban J connectivity index is 2.08. The lowest BCUT2D eigenvalue weighted by atomic mass is 9.98. The Kier molecular flexibility index (Phi) is 4.34. The highest BCUT2D eigenvalue weighted by Crippen LogP contribution is 2.26. The van der Waals surface area contributed by atoms with Crippen LogP contribution in [0.2, 0.25) is 0 Å². The van der Waals surface area contributed by atoms with Crippen molar-refractivity contribution in [3.8, 4) is 0 Å².